The average Bonchev–Trinajstić information content (AvgIpc) is 3.28. The number of carboxylic acid groups (broad SMARTS) is 1. The Labute approximate surface area is 156 Å². The van der Waals surface area contributed by atoms with Gasteiger partial charge in [0.2, 0.25) is 5.91 Å². The van der Waals surface area contributed by atoms with E-state index in [0.29, 0.717) is 0 Å². The Morgan fingerprint density at radius 1 is 1.30 bits per heavy atom. The van der Waals surface area contributed by atoms with Crippen molar-refractivity contribution in [3.8, 4) is 5.75 Å². The van der Waals surface area contributed by atoms with E-state index in [0.717, 1.165) is 25.3 Å². The van der Waals surface area contributed by atoms with Crippen LogP contribution in [0.3, 0.4) is 0 Å². The minimum Gasteiger partial charge on any atom is -0.494 e. The molecule has 3 atom stereocenters. The Morgan fingerprint density at radius 3 is 2.78 bits per heavy atom. The second-order valence-electron chi connectivity index (χ2n) is 7.24. The Morgan fingerprint density at radius 2 is 2.07 bits per heavy atom. The van der Waals surface area contributed by atoms with E-state index < -0.39 is 17.8 Å². The zero-order valence-electron chi connectivity index (χ0n) is 14.9. The van der Waals surface area contributed by atoms with E-state index in [-0.39, 0.29) is 28.6 Å². The van der Waals surface area contributed by atoms with Crippen LogP contribution < -0.4 is 10.1 Å². The highest BCUT2D eigenvalue weighted by Crippen LogP contribution is 2.61. The number of hydrogen-bond donors (Lipinski definition) is 2. The van der Waals surface area contributed by atoms with Crippen LogP contribution in [0.25, 0.3) is 0 Å². The molecule has 1 spiro atoms. The third-order valence-corrected chi connectivity index (χ3v) is 5.83. The molecular weight excluding hydrogens is 349 g/mol. The molecule has 1 amide bonds. The van der Waals surface area contributed by atoms with Crippen molar-refractivity contribution in [2.24, 2.45) is 5.92 Å². The number of fused-ring (bicyclic) bond motifs is 2. The van der Waals surface area contributed by atoms with E-state index in [1.165, 1.54) is 30.4 Å². The molecule has 4 rings (SSSR count). The van der Waals surface area contributed by atoms with Crippen LogP contribution in [0.1, 0.15) is 35.6 Å². The normalized spacial score (nSPS) is 23.6. The molecule has 1 saturated carbocycles. The van der Waals surface area contributed by atoms with E-state index >= 15 is 0 Å². The number of amides is 1. The van der Waals surface area contributed by atoms with Crippen molar-refractivity contribution in [2.75, 3.05) is 7.11 Å². The topological polar surface area (TPSA) is 75.6 Å². The molecule has 0 saturated heterocycles. The summed E-state index contributed by atoms with van der Waals surface area (Å²) >= 11 is 0. The second-order valence-corrected chi connectivity index (χ2v) is 7.24. The van der Waals surface area contributed by atoms with Crippen molar-refractivity contribution in [3.05, 3.63) is 65.0 Å². The van der Waals surface area contributed by atoms with Gasteiger partial charge in [-0.05, 0) is 48.1 Å². The highest BCUT2D eigenvalue weighted by atomic mass is 19.1. The number of halogens is 1. The number of nitrogens with one attached hydrogen (secondary N) is 1. The molecule has 3 unspecified atom stereocenters. The van der Waals surface area contributed by atoms with E-state index in [4.69, 9.17) is 4.74 Å². The molecular formula is C21H20FNO4. The SMILES string of the molecule is COc1ccc(C(NC(=O)C2CC23CCc2ccccc23)C(=O)O)cc1F. The van der Waals surface area contributed by atoms with Gasteiger partial charge in [-0.25, -0.2) is 9.18 Å². The van der Waals surface area contributed by atoms with Crippen molar-refractivity contribution in [2.45, 2.75) is 30.7 Å². The molecule has 0 aliphatic heterocycles. The standard InChI is InChI=1S/C21H20FNO4/c1-27-17-7-6-13(10-16(17)22)18(20(25)26)23-19(24)15-11-21(15)9-8-12-4-2-3-5-14(12)21/h2-7,10,15,18H,8-9,11H2,1H3,(H,23,24)(H,25,26). The van der Waals surface area contributed by atoms with Gasteiger partial charge in [0.1, 0.15) is 0 Å². The van der Waals surface area contributed by atoms with E-state index in [2.05, 4.69) is 17.4 Å². The van der Waals surface area contributed by atoms with Gasteiger partial charge in [0.25, 0.3) is 0 Å². The summed E-state index contributed by atoms with van der Waals surface area (Å²) in [6, 6.07) is 10.7. The summed E-state index contributed by atoms with van der Waals surface area (Å²) < 4.78 is 18.8. The van der Waals surface area contributed by atoms with Gasteiger partial charge in [-0.1, -0.05) is 30.3 Å². The van der Waals surface area contributed by atoms with Crippen LogP contribution >= 0.6 is 0 Å². The number of carbonyl (C=O) groups excluding carboxylic acids is 1. The number of carboxylic acids is 1. The summed E-state index contributed by atoms with van der Waals surface area (Å²) in [4.78, 5) is 24.5. The number of benzene rings is 2. The molecule has 2 aliphatic carbocycles. The minimum absolute atomic E-state index is 0.0259. The number of methoxy groups -OCH3 is 1. The first kappa shape index (κ1) is 17.5. The monoisotopic (exact) mass is 369 g/mol. The maximum atomic E-state index is 14.0. The number of rotatable bonds is 5. The van der Waals surface area contributed by atoms with Gasteiger partial charge in [-0.2, -0.15) is 0 Å². The van der Waals surface area contributed by atoms with Crippen LogP contribution in [-0.2, 0) is 21.4 Å². The quantitative estimate of drug-likeness (QED) is 0.850. The van der Waals surface area contributed by atoms with Gasteiger partial charge in [-0.3, -0.25) is 4.79 Å². The molecule has 140 valence electrons. The van der Waals surface area contributed by atoms with Crippen LogP contribution in [0.5, 0.6) is 5.75 Å². The minimum atomic E-state index is -1.30. The maximum absolute atomic E-state index is 14.0. The number of hydrogen-bond acceptors (Lipinski definition) is 3. The van der Waals surface area contributed by atoms with Gasteiger partial charge in [0.15, 0.2) is 17.6 Å². The average molecular weight is 369 g/mol. The Kier molecular flexibility index (Phi) is 4.13. The predicted octanol–water partition coefficient (Wildman–Crippen LogP) is 2.98. The van der Waals surface area contributed by atoms with Gasteiger partial charge >= 0.3 is 5.97 Å². The molecule has 27 heavy (non-hydrogen) atoms. The van der Waals surface area contributed by atoms with Crippen LogP contribution in [0.15, 0.2) is 42.5 Å². The highest BCUT2D eigenvalue weighted by molar-refractivity contribution is 5.89. The van der Waals surface area contributed by atoms with Crippen molar-refractivity contribution in [1.82, 2.24) is 5.32 Å². The van der Waals surface area contributed by atoms with Crippen LogP contribution in [0, 0.1) is 11.7 Å². The lowest BCUT2D eigenvalue weighted by molar-refractivity contribution is -0.142. The second kappa shape index (κ2) is 6.37. The van der Waals surface area contributed by atoms with E-state index in [1.807, 2.05) is 12.1 Å². The molecule has 0 bridgehead atoms. The van der Waals surface area contributed by atoms with Crippen molar-refractivity contribution < 1.29 is 23.8 Å². The smallest absolute Gasteiger partial charge is 0.330 e. The lowest BCUT2D eigenvalue weighted by Gasteiger charge is -2.17. The zero-order valence-corrected chi connectivity index (χ0v) is 14.9. The molecule has 6 heteroatoms. The molecule has 2 aliphatic rings. The van der Waals surface area contributed by atoms with E-state index in [1.54, 1.807) is 0 Å². The number of carbonyl (C=O) groups is 2. The summed E-state index contributed by atoms with van der Waals surface area (Å²) in [7, 11) is 1.33. The molecule has 0 aromatic heterocycles. The first-order chi connectivity index (χ1) is 13.0. The van der Waals surface area contributed by atoms with Crippen LogP contribution in [-0.4, -0.2) is 24.1 Å². The third-order valence-electron chi connectivity index (χ3n) is 5.83. The van der Waals surface area contributed by atoms with Crippen LogP contribution in [0.2, 0.25) is 0 Å². The third kappa shape index (κ3) is 2.85. The first-order valence-corrected chi connectivity index (χ1v) is 8.91. The molecule has 0 heterocycles. The highest BCUT2D eigenvalue weighted by Gasteiger charge is 2.61. The van der Waals surface area contributed by atoms with Crippen molar-refractivity contribution in [3.63, 3.8) is 0 Å². The largest absolute Gasteiger partial charge is 0.494 e. The number of aliphatic carboxylic acids is 1. The first-order valence-electron chi connectivity index (χ1n) is 8.91. The summed E-state index contributed by atoms with van der Waals surface area (Å²) in [5, 5.41) is 12.1. The molecule has 1 fully saturated rings. The predicted molar refractivity (Wildman–Crippen MR) is 96.0 cm³/mol. The van der Waals surface area contributed by atoms with Gasteiger partial charge in [-0.15, -0.1) is 0 Å². The fourth-order valence-corrected chi connectivity index (χ4v) is 4.33. The molecule has 2 N–H and O–H groups in total. The van der Waals surface area contributed by atoms with Crippen molar-refractivity contribution in [1.29, 1.82) is 0 Å². The summed E-state index contributed by atoms with van der Waals surface area (Å²) in [5.74, 6) is -2.41. The van der Waals surface area contributed by atoms with Crippen LogP contribution in [0.4, 0.5) is 4.39 Å². The lowest BCUT2D eigenvalue weighted by atomic mass is 9.95. The lowest BCUT2D eigenvalue weighted by Crippen LogP contribution is -2.36. The van der Waals surface area contributed by atoms with Crippen molar-refractivity contribution >= 4 is 11.9 Å². The van der Waals surface area contributed by atoms with Gasteiger partial charge in [0.05, 0.1) is 7.11 Å². The molecule has 2 aromatic carbocycles. The number of ether oxygens (including phenoxy) is 1. The fraction of sp³-hybridized carbons (Fsp3) is 0.333. The van der Waals surface area contributed by atoms with Gasteiger partial charge < -0.3 is 15.2 Å². The summed E-state index contributed by atoms with van der Waals surface area (Å²) in [6.45, 7) is 0. The maximum Gasteiger partial charge on any atom is 0.330 e. The van der Waals surface area contributed by atoms with E-state index in [9.17, 15) is 19.1 Å². The number of aryl methyl sites for hydroxylation is 1. The Bertz CT molecular complexity index is 928. The molecule has 5 nitrogen and oxygen atoms in total. The summed E-state index contributed by atoms with van der Waals surface area (Å²) in [5.41, 5.74) is 2.47. The fourth-order valence-electron chi connectivity index (χ4n) is 4.33. The Hall–Kier alpha value is -2.89. The zero-order chi connectivity index (χ0) is 19.2. The Balaban J connectivity index is 1.53. The van der Waals surface area contributed by atoms with Gasteiger partial charge in [0, 0.05) is 11.3 Å². The molecule has 2 aromatic rings. The summed E-state index contributed by atoms with van der Waals surface area (Å²) in [6.07, 6.45) is 2.56. The molecule has 0 radical (unpaired) electrons.